The Labute approximate surface area is 174 Å². The Bertz CT molecular complexity index is 623. The number of alkyl halides is 1. The molecule has 2 saturated heterocycles. The lowest BCUT2D eigenvalue weighted by molar-refractivity contribution is -0.129. The molecule has 164 valence electrons. The van der Waals surface area contributed by atoms with Gasteiger partial charge in [0.1, 0.15) is 13.3 Å². The molecule has 0 aromatic carbocycles. The number of amides is 2. The number of allylic oxidation sites excluding steroid dienone is 1. The van der Waals surface area contributed by atoms with E-state index in [1.54, 1.807) is 4.90 Å². The molecule has 0 spiro atoms. The largest absolute Gasteiger partial charge is 0.447 e. The summed E-state index contributed by atoms with van der Waals surface area (Å²) in [7, 11) is 0. The van der Waals surface area contributed by atoms with Gasteiger partial charge in [0.05, 0.1) is 6.42 Å². The second-order valence-corrected chi connectivity index (χ2v) is 8.65. The van der Waals surface area contributed by atoms with E-state index in [0.717, 1.165) is 45.2 Å². The van der Waals surface area contributed by atoms with Gasteiger partial charge in [0.15, 0.2) is 0 Å². The summed E-state index contributed by atoms with van der Waals surface area (Å²) in [4.78, 5) is 30.8. The maximum atomic E-state index is 12.7. The van der Waals surface area contributed by atoms with Gasteiger partial charge in [0.25, 0.3) is 0 Å². The van der Waals surface area contributed by atoms with Gasteiger partial charge in [-0.2, -0.15) is 0 Å². The fourth-order valence-electron chi connectivity index (χ4n) is 5.11. The summed E-state index contributed by atoms with van der Waals surface area (Å²) in [6.07, 6.45) is 5.14. The van der Waals surface area contributed by atoms with E-state index in [-0.39, 0.29) is 12.5 Å². The Kier molecular flexibility index (Phi) is 7.55. The molecule has 0 aromatic heterocycles. The Balaban J connectivity index is 1.48. The highest BCUT2D eigenvalue weighted by Gasteiger charge is 2.37. The van der Waals surface area contributed by atoms with Crippen LogP contribution in [0.15, 0.2) is 11.3 Å². The van der Waals surface area contributed by atoms with Crippen molar-refractivity contribution in [3.8, 4) is 0 Å². The maximum absolute atomic E-state index is 12.7. The van der Waals surface area contributed by atoms with E-state index in [2.05, 4.69) is 30.6 Å². The summed E-state index contributed by atoms with van der Waals surface area (Å²) < 4.78 is 17.1. The van der Waals surface area contributed by atoms with Crippen molar-refractivity contribution < 1.29 is 18.7 Å². The monoisotopic (exact) mass is 409 g/mol. The Morgan fingerprint density at radius 3 is 2.34 bits per heavy atom. The SMILES string of the molecule is CC[C@@H](C)C1=C(C)N(C2CCN(C3CCN(C(=O)OCCF)CC3)CC2)C(=O)C1. The van der Waals surface area contributed by atoms with E-state index in [9.17, 15) is 14.0 Å². The van der Waals surface area contributed by atoms with Crippen molar-refractivity contribution >= 4 is 12.0 Å². The molecule has 2 fully saturated rings. The first-order chi connectivity index (χ1) is 14.0. The van der Waals surface area contributed by atoms with E-state index >= 15 is 0 Å². The van der Waals surface area contributed by atoms with Crippen molar-refractivity contribution in [3.63, 3.8) is 0 Å². The number of hydrogen-bond acceptors (Lipinski definition) is 4. The standard InChI is InChI=1S/C22H36FN3O3/c1-4-16(2)20-15-21(27)26(17(20)3)19-7-10-24(11-8-19)18-5-12-25(13-6-18)22(28)29-14-9-23/h16,18-19H,4-15H2,1-3H3/t16-/m1/s1. The number of hydrogen-bond donors (Lipinski definition) is 0. The molecule has 3 rings (SSSR count). The number of ether oxygens (including phenoxy) is 1. The van der Waals surface area contributed by atoms with Crippen LogP contribution in [-0.4, -0.2) is 78.2 Å². The zero-order valence-corrected chi connectivity index (χ0v) is 18.2. The van der Waals surface area contributed by atoms with Crippen LogP contribution in [0.2, 0.25) is 0 Å². The van der Waals surface area contributed by atoms with Crippen molar-refractivity contribution in [2.75, 3.05) is 39.5 Å². The van der Waals surface area contributed by atoms with Crippen LogP contribution < -0.4 is 0 Å². The molecule has 2 amide bonds. The van der Waals surface area contributed by atoms with Gasteiger partial charge in [-0.25, -0.2) is 9.18 Å². The summed E-state index contributed by atoms with van der Waals surface area (Å²) in [6, 6.07) is 0.791. The third-order valence-electron chi connectivity index (χ3n) is 7.05. The number of piperidine rings is 2. The minimum Gasteiger partial charge on any atom is -0.447 e. The van der Waals surface area contributed by atoms with E-state index in [4.69, 9.17) is 4.74 Å². The van der Waals surface area contributed by atoms with Crippen LogP contribution >= 0.6 is 0 Å². The molecule has 0 aliphatic carbocycles. The van der Waals surface area contributed by atoms with Crippen LogP contribution in [-0.2, 0) is 9.53 Å². The van der Waals surface area contributed by atoms with Crippen LogP contribution in [0.3, 0.4) is 0 Å². The average Bonchev–Trinajstić information content (AvgIpc) is 3.05. The lowest BCUT2D eigenvalue weighted by atomic mass is 9.95. The van der Waals surface area contributed by atoms with Crippen molar-refractivity contribution in [1.82, 2.24) is 14.7 Å². The van der Waals surface area contributed by atoms with E-state index in [1.165, 1.54) is 11.3 Å². The first-order valence-electron chi connectivity index (χ1n) is 11.2. The van der Waals surface area contributed by atoms with Crippen LogP contribution in [0, 0.1) is 5.92 Å². The molecule has 3 heterocycles. The normalized spacial score (nSPS) is 23.8. The first kappa shape index (κ1) is 22.1. The van der Waals surface area contributed by atoms with Gasteiger partial charge >= 0.3 is 6.09 Å². The molecular formula is C22H36FN3O3. The van der Waals surface area contributed by atoms with Gasteiger partial charge in [-0.1, -0.05) is 13.8 Å². The quantitative estimate of drug-likeness (QED) is 0.673. The van der Waals surface area contributed by atoms with Crippen molar-refractivity contribution in [1.29, 1.82) is 0 Å². The second kappa shape index (κ2) is 9.92. The zero-order valence-electron chi connectivity index (χ0n) is 18.2. The molecule has 0 radical (unpaired) electrons. The lowest BCUT2D eigenvalue weighted by Gasteiger charge is -2.43. The maximum Gasteiger partial charge on any atom is 0.409 e. The first-order valence-corrected chi connectivity index (χ1v) is 11.2. The second-order valence-electron chi connectivity index (χ2n) is 8.65. The molecule has 0 unspecified atom stereocenters. The summed E-state index contributed by atoms with van der Waals surface area (Å²) >= 11 is 0. The number of carbonyl (C=O) groups is 2. The lowest BCUT2D eigenvalue weighted by Crippen LogP contribution is -2.52. The predicted octanol–water partition coefficient (Wildman–Crippen LogP) is 3.57. The zero-order chi connectivity index (χ0) is 21.0. The molecule has 0 N–H and O–H groups in total. The fourth-order valence-corrected chi connectivity index (χ4v) is 5.11. The third-order valence-corrected chi connectivity index (χ3v) is 7.05. The molecule has 0 bridgehead atoms. The van der Waals surface area contributed by atoms with Crippen molar-refractivity contribution in [3.05, 3.63) is 11.3 Å². The topological polar surface area (TPSA) is 53.1 Å². The number of likely N-dealkylation sites (tertiary alicyclic amines) is 2. The molecule has 0 aromatic rings. The minimum atomic E-state index is -0.635. The smallest absolute Gasteiger partial charge is 0.409 e. The van der Waals surface area contributed by atoms with E-state index < -0.39 is 12.8 Å². The van der Waals surface area contributed by atoms with Gasteiger partial charge < -0.3 is 19.4 Å². The van der Waals surface area contributed by atoms with Crippen LogP contribution in [0.4, 0.5) is 9.18 Å². The Hall–Kier alpha value is -1.63. The highest BCUT2D eigenvalue weighted by molar-refractivity contribution is 5.84. The summed E-state index contributed by atoms with van der Waals surface area (Å²) in [5.41, 5.74) is 2.52. The van der Waals surface area contributed by atoms with Crippen LogP contribution in [0.1, 0.15) is 59.3 Å². The van der Waals surface area contributed by atoms with Gasteiger partial charge in [-0.3, -0.25) is 4.79 Å². The molecule has 29 heavy (non-hydrogen) atoms. The molecule has 3 aliphatic rings. The molecular weight excluding hydrogens is 373 g/mol. The molecule has 6 nitrogen and oxygen atoms in total. The molecule has 7 heteroatoms. The van der Waals surface area contributed by atoms with Gasteiger partial charge in [-0.15, -0.1) is 0 Å². The predicted molar refractivity (Wildman–Crippen MR) is 110 cm³/mol. The third kappa shape index (κ3) is 4.93. The summed E-state index contributed by atoms with van der Waals surface area (Å²) in [5.74, 6) is 0.752. The highest BCUT2D eigenvalue weighted by atomic mass is 19.1. The van der Waals surface area contributed by atoms with Gasteiger partial charge in [0, 0.05) is 44.0 Å². The Morgan fingerprint density at radius 2 is 1.76 bits per heavy atom. The highest BCUT2D eigenvalue weighted by Crippen LogP contribution is 2.35. The molecule has 3 aliphatic heterocycles. The molecule has 1 atom stereocenters. The van der Waals surface area contributed by atoms with Crippen molar-refractivity contribution in [2.45, 2.75) is 71.4 Å². The van der Waals surface area contributed by atoms with Gasteiger partial charge in [-0.05, 0) is 50.5 Å². The van der Waals surface area contributed by atoms with Crippen molar-refractivity contribution in [2.24, 2.45) is 5.92 Å². The number of nitrogens with zero attached hydrogens (tertiary/aromatic N) is 3. The number of carbonyl (C=O) groups excluding carboxylic acids is 2. The Morgan fingerprint density at radius 1 is 1.14 bits per heavy atom. The van der Waals surface area contributed by atoms with E-state index in [1.807, 2.05) is 0 Å². The van der Waals surface area contributed by atoms with Crippen LogP contribution in [0.5, 0.6) is 0 Å². The number of halogens is 1. The fraction of sp³-hybridized carbons (Fsp3) is 0.818. The molecule has 0 saturated carbocycles. The minimum absolute atomic E-state index is 0.159. The summed E-state index contributed by atoms with van der Waals surface area (Å²) in [5, 5.41) is 0. The van der Waals surface area contributed by atoms with Crippen LogP contribution in [0.25, 0.3) is 0 Å². The summed E-state index contributed by atoms with van der Waals surface area (Å²) in [6.45, 7) is 9.06. The van der Waals surface area contributed by atoms with Gasteiger partial charge in [0.2, 0.25) is 5.91 Å². The van der Waals surface area contributed by atoms with E-state index in [0.29, 0.717) is 37.5 Å². The average molecular weight is 410 g/mol. The number of rotatable bonds is 6.